The van der Waals surface area contributed by atoms with Crippen LogP contribution in [0.3, 0.4) is 0 Å². The number of hydrogen-bond acceptors (Lipinski definition) is 3. The smallest absolute Gasteiger partial charge is 0.419 e. The van der Waals surface area contributed by atoms with Crippen molar-refractivity contribution in [3.63, 3.8) is 0 Å². The molecular formula is C19H25F3N2O2. The highest BCUT2D eigenvalue weighted by molar-refractivity contribution is 5.78. The van der Waals surface area contributed by atoms with E-state index in [2.05, 4.69) is 5.32 Å². The minimum atomic E-state index is -4.46. The Hall–Kier alpha value is -1.76. The third kappa shape index (κ3) is 4.31. The minimum absolute atomic E-state index is 0.00206. The van der Waals surface area contributed by atoms with Gasteiger partial charge in [-0.2, -0.15) is 13.2 Å². The standard InChI is InChI=1S/C19H25F3N2O2/c20-19(21,22)15-6-1-2-7-16(15)26-9-8-24-18(25)14-10-12-4-3-5-13(11-14)17(12)23/h1-2,6-7,12-14,17H,3-5,8-11,23H2,(H,24,25). The van der Waals surface area contributed by atoms with E-state index in [1.165, 1.54) is 24.6 Å². The van der Waals surface area contributed by atoms with Gasteiger partial charge in [0.05, 0.1) is 12.1 Å². The first-order valence-corrected chi connectivity index (χ1v) is 9.18. The Morgan fingerprint density at radius 3 is 2.50 bits per heavy atom. The SMILES string of the molecule is NC1C2CCCC1CC(C(=O)NCCOc1ccccc1C(F)(F)F)C2. The highest BCUT2D eigenvalue weighted by Gasteiger charge is 2.40. The molecule has 4 nitrogen and oxygen atoms in total. The largest absolute Gasteiger partial charge is 0.491 e. The van der Waals surface area contributed by atoms with Crippen LogP contribution in [0, 0.1) is 17.8 Å². The average Bonchev–Trinajstić information content (AvgIpc) is 2.58. The van der Waals surface area contributed by atoms with Crippen molar-refractivity contribution in [3.8, 4) is 5.75 Å². The van der Waals surface area contributed by atoms with E-state index in [9.17, 15) is 18.0 Å². The summed E-state index contributed by atoms with van der Waals surface area (Å²) in [6, 6.07) is 5.29. The summed E-state index contributed by atoms with van der Waals surface area (Å²) in [5.74, 6) is 0.516. The molecule has 3 rings (SSSR count). The molecule has 0 spiro atoms. The third-order valence-electron chi connectivity index (χ3n) is 5.64. The van der Waals surface area contributed by atoms with E-state index in [0.717, 1.165) is 31.7 Å². The zero-order valence-electron chi connectivity index (χ0n) is 14.6. The summed E-state index contributed by atoms with van der Waals surface area (Å²) in [4.78, 5) is 12.4. The number of amides is 1. The summed E-state index contributed by atoms with van der Waals surface area (Å²) in [5, 5.41) is 2.80. The third-order valence-corrected chi connectivity index (χ3v) is 5.64. The molecule has 2 aliphatic carbocycles. The number of alkyl halides is 3. The Morgan fingerprint density at radius 2 is 1.85 bits per heavy atom. The molecule has 7 heteroatoms. The molecule has 2 bridgehead atoms. The summed E-state index contributed by atoms with van der Waals surface area (Å²) in [6.45, 7) is 0.181. The number of para-hydroxylation sites is 1. The van der Waals surface area contributed by atoms with E-state index >= 15 is 0 Å². The van der Waals surface area contributed by atoms with Gasteiger partial charge in [-0.3, -0.25) is 4.79 Å². The van der Waals surface area contributed by atoms with Gasteiger partial charge in [-0.1, -0.05) is 18.6 Å². The van der Waals surface area contributed by atoms with E-state index in [1.54, 1.807) is 0 Å². The van der Waals surface area contributed by atoms with Gasteiger partial charge >= 0.3 is 6.18 Å². The lowest BCUT2D eigenvalue weighted by Crippen LogP contribution is -2.49. The highest BCUT2D eigenvalue weighted by Crippen LogP contribution is 2.42. The van der Waals surface area contributed by atoms with Gasteiger partial charge in [-0.05, 0) is 49.7 Å². The zero-order valence-corrected chi connectivity index (χ0v) is 14.6. The molecule has 2 fully saturated rings. The first kappa shape index (κ1) is 19.0. The van der Waals surface area contributed by atoms with Crippen LogP contribution in [0.4, 0.5) is 13.2 Å². The van der Waals surface area contributed by atoms with E-state index in [-0.39, 0.29) is 36.8 Å². The predicted octanol–water partition coefficient (Wildman–Crippen LogP) is 3.35. The lowest BCUT2D eigenvalue weighted by atomic mass is 9.65. The first-order valence-electron chi connectivity index (χ1n) is 9.18. The van der Waals surface area contributed by atoms with Gasteiger partial charge in [0, 0.05) is 12.0 Å². The van der Waals surface area contributed by atoms with E-state index in [4.69, 9.17) is 10.5 Å². The molecule has 26 heavy (non-hydrogen) atoms. The normalized spacial score (nSPS) is 28.5. The van der Waals surface area contributed by atoms with Gasteiger partial charge in [0.2, 0.25) is 5.91 Å². The zero-order chi connectivity index (χ0) is 18.7. The topological polar surface area (TPSA) is 64.4 Å². The van der Waals surface area contributed by atoms with Crippen LogP contribution in [0.5, 0.6) is 5.75 Å². The molecule has 0 saturated heterocycles. The molecule has 0 heterocycles. The second-order valence-corrected chi connectivity index (χ2v) is 7.33. The fourth-order valence-corrected chi connectivity index (χ4v) is 4.31. The van der Waals surface area contributed by atoms with Crippen molar-refractivity contribution < 1.29 is 22.7 Å². The Bertz CT molecular complexity index is 621. The van der Waals surface area contributed by atoms with Crippen LogP contribution in [-0.4, -0.2) is 25.1 Å². The molecule has 0 radical (unpaired) electrons. The molecular weight excluding hydrogens is 345 g/mol. The van der Waals surface area contributed by atoms with Crippen LogP contribution < -0.4 is 15.8 Å². The molecule has 1 amide bonds. The molecule has 3 N–H and O–H groups in total. The molecule has 2 unspecified atom stereocenters. The van der Waals surface area contributed by atoms with Crippen molar-refractivity contribution in [2.75, 3.05) is 13.2 Å². The van der Waals surface area contributed by atoms with Crippen LogP contribution in [0.15, 0.2) is 24.3 Å². The van der Waals surface area contributed by atoms with Gasteiger partial charge in [0.1, 0.15) is 12.4 Å². The molecule has 0 aliphatic heterocycles. The fourth-order valence-electron chi connectivity index (χ4n) is 4.31. The molecule has 1 aromatic carbocycles. The van der Waals surface area contributed by atoms with Gasteiger partial charge in [-0.25, -0.2) is 0 Å². The van der Waals surface area contributed by atoms with Gasteiger partial charge in [0.25, 0.3) is 0 Å². The van der Waals surface area contributed by atoms with Gasteiger partial charge < -0.3 is 15.8 Å². The fraction of sp³-hybridized carbons (Fsp3) is 0.632. The molecule has 2 atom stereocenters. The maximum atomic E-state index is 12.9. The van der Waals surface area contributed by atoms with E-state index in [0.29, 0.717) is 11.8 Å². The molecule has 0 aromatic heterocycles. The van der Waals surface area contributed by atoms with Crippen LogP contribution >= 0.6 is 0 Å². The van der Waals surface area contributed by atoms with Gasteiger partial charge in [0.15, 0.2) is 0 Å². The number of nitrogens with two attached hydrogens (primary N) is 1. The van der Waals surface area contributed by atoms with Crippen LogP contribution in [0.2, 0.25) is 0 Å². The predicted molar refractivity (Wildman–Crippen MR) is 91.5 cm³/mol. The van der Waals surface area contributed by atoms with Crippen molar-refractivity contribution in [2.24, 2.45) is 23.5 Å². The number of carbonyl (C=O) groups excluding carboxylic acids is 1. The number of benzene rings is 1. The quantitative estimate of drug-likeness (QED) is 0.782. The second kappa shape index (κ2) is 7.86. The first-order chi connectivity index (χ1) is 12.4. The van der Waals surface area contributed by atoms with Gasteiger partial charge in [-0.15, -0.1) is 0 Å². The van der Waals surface area contributed by atoms with Crippen LogP contribution in [0.1, 0.15) is 37.7 Å². The number of hydrogen-bond donors (Lipinski definition) is 2. The minimum Gasteiger partial charge on any atom is -0.491 e. The van der Waals surface area contributed by atoms with Crippen molar-refractivity contribution >= 4 is 5.91 Å². The monoisotopic (exact) mass is 370 g/mol. The summed E-state index contributed by atoms with van der Waals surface area (Å²) in [7, 11) is 0. The number of nitrogens with one attached hydrogen (secondary N) is 1. The van der Waals surface area contributed by atoms with Crippen LogP contribution in [0.25, 0.3) is 0 Å². The van der Waals surface area contributed by atoms with Crippen molar-refractivity contribution in [2.45, 2.75) is 44.3 Å². The van der Waals surface area contributed by atoms with Crippen molar-refractivity contribution in [1.29, 1.82) is 0 Å². The average molecular weight is 370 g/mol. The summed E-state index contributed by atoms with van der Waals surface area (Å²) in [5.41, 5.74) is 5.43. The second-order valence-electron chi connectivity index (χ2n) is 7.33. The maximum absolute atomic E-state index is 12.9. The van der Waals surface area contributed by atoms with Crippen molar-refractivity contribution in [3.05, 3.63) is 29.8 Å². The number of fused-ring (bicyclic) bond motifs is 2. The van der Waals surface area contributed by atoms with Crippen molar-refractivity contribution in [1.82, 2.24) is 5.32 Å². The summed E-state index contributed by atoms with van der Waals surface area (Å²) in [6.07, 6.45) is 0.502. The number of halogens is 3. The Labute approximate surface area is 151 Å². The molecule has 2 aliphatic rings. The Balaban J connectivity index is 1.47. The maximum Gasteiger partial charge on any atom is 0.419 e. The highest BCUT2D eigenvalue weighted by atomic mass is 19.4. The van der Waals surface area contributed by atoms with E-state index < -0.39 is 11.7 Å². The Morgan fingerprint density at radius 1 is 1.19 bits per heavy atom. The van der Waals surface area contributed by atoms with Crippen LogP contribution in [-0.2, 0) is 11.0 Å². The van der Waals surface area contributed by atoms with E-state index in [1.807, 2.05) is 0 Å². The number of carbonyl (C=O) groups is 1. The number of rotatable bonds is 5. The summed E-state index contributed by atoms with van der Waals surface area (Å²) >= 11 is 0. The lowest BCUT2D eigenvalue weighted by molar-refractivity contribution is -0.139. The molecule has 2 saturated carbocycles. The number of ether oxygens (including phenoxy) is 1. The lowest BCUT2D eigenvalue weighted by Gasteiger charge is -2.43. The molecule has 144 valence electrons. The summed E-state index contributed by atoms with van der Waals surface area (Å²) < 4.78 is 44.0. The molecule has 1 aromatic rings. The Kier molecular flexibility index (Phi) is 5.75.